The Balaban J connectivity index is 1.68. The number of nitro groups is 1. The highest BCUT2D eigenvalue weighted by Crippen LogP contribution is 2.29. The number of ether oxygens (including phenoxy) is 2. The molecule has 8 nitrogen and oxygen atoms in total. The van der Waals surface area contributed by atoms with Gasteiger partial charge in [0.05, 0.1) is 25.7 Å². The van der Waals surface area contributed by atoms with Crippen LogP contribution in [0.15, 0.2) is 47.5 Å². The fourth-order valence-electron chi connectivity index (χ4n) is 2.73. The third-order valence-electron chi connectivity index (χ3n) is 4.19. The van der Waals surface area contributed by atoms with E-state index in [0.717, 1.165) is 5.56 Å². The fourth-order valence-corrected chi connectivity index (χ4v) is 3.73. The molecule has 0 N–H and O–H groups in total. The SMILES string of the molecule is COc1ccc(C(=O)N2CCN=C2SCc2ccc([N+](=O)[O-])cc2)cc1OC. The van der Waals surface area contributed by atoms with Gasteiger partial charge < -0.3 is 9.47 Å². The molecule has 28 heavy (non-hydrogen) atoms. The second-order valence-electron chi connectivity index (χ2n) is 5.90. The van der Waals surface area contributed by atoms with Gasteiger partial charge in [-0.2, -0.15) is 0 Å². The molecule has 0 unspecified atom stereocenters. The van der Waals surface area contributed by atoms with Crippen LogP contribution in [-0.4, -0.2) is 48.2 Å². The number of hydrogen-bond acceptors (Lipinski definition) is 7. The van der Waals surface area contributed by atoms with Crippen LogP contribution in [0.5, 0.6) is 11.5 Å². The zero-order valence-corrected chi connectivity index (χ0v) is 16.3. The molecule has 1 heterocycles. The Kier molecular flexibility index (Phi) is 6.15. The molecule has 0 saturated heterocycles. The van der Waals surface area contributed by atoms with Crippen LogP contribution in [0.2, 0.25) is 0 Å². The molecule has 0 fully saturated rings. The van der Waals surface area contributed by atoms with Gasteiger partial charge in [-0.25, -0.2) is 0 Å². The molecule has 0 spiro atoms. The van der Waals surface area contributed by atoms with E-state index in [1.54, 1.807) is 42.3 Å². The van der Waals surface area contributed by atoms with Gasteiger partial charge in [-0.15, -0.1) is 0 Å². The molecule has 0 aliphatic carbocycles. The number of aliphatic imine (C=N–C) groups is 1. The normalized spacial score (nSPS) is 13.2. The fraction of sp³-hybridized carbons (Fsp3) is 0.263. The molecule has 2 aromatic rings. The van der Waals surface area contributed by atoms with E-state index in [4.69, 9.17) is 9.47 Å². The highest BCUT2D eigenvalue weighted by Gasteiger charge is 2.26. The zero-order chi connectivity index (χ0) is 20.1. The average molecular weight is 401 g/mol. The van der Waals surface area contributed by atoms with Crippen molar-refractivity contribution in [3.05, 3.63) is 63.7 Å². The summed E-state index contributed by atoms with van der Waals surface area (Å²) in [5, 5.41) is 11.4. The molecule has 0 atom stereocenters. The topological polar surface area (TPSA) is 94.3 Å². The maximum absolute atomic E-state index is 12.9. The number of nitrogens with zero attached hydrogens (tertiary/aromatic N) is 3. The first kappa shape index (κ1) is 19.7. The molecule has 0 radical (unpaired) electrons. The standard InChI is InChI=1S/C19H19N3O5S/c1-26-16-8-5-14(11-17(16)27-2)18(23)21-10-9-20-19(21)28-12-13-3-6-15(7-4-13)22(24)25/h3-8,11H,9-10,12H2,1-2H3. The summed E-state index contributed by atoms with van der Waals surface area (Å²) < 4.78 is 10.5. The lowest BCUT2D eigenvalue weighted by Gasteiger charge is -2.18. The lowest BCUT2D eigenvalue weighted by atomic mass is 10.2. The van der Waals surface area contributed by atoms with E-state index in [0.29, 0.717) is 41.1 Å². The molecule has 0 bridgehead atoms. The smallest absolute Gasteiger partial charge is 0.269 e. The van der Waals surface area contributed by atoms with Crippen LogP contribution in [0.3, 0.4) is 0 Å². The maximum atomic E-state index is 12.9. The van der Waals surface area contributed by atoms with Gasteiger partial charge in [0, 0.05) is 30.0 Å². The third kappa shape index (κ3) is 4.25. The van der Waals surface area contributed by atoms with Crippen molar-refractivity contribution in [3.8, 4) is 11.5 Å². The maximum Gasteiger partial charge on any atom is 0.269 e. The Morgan fingerprint density at radius 3 is 2.54 bits per heavy atom. The van der Waals surface area contributed by atoms with Crippen LogP contribution in [0.1, 0.15) is 15.9 Å². The van der Waals surface area contributed by atoms with Gasteiger partial charge in [0.25, 0.3) is 11.6 Å². The predicted octanol–water partition coefficient (Wildman–Crippen LogP) is 3.36. The second kappa shape index (κ2) is 8.75. The molecule has 1 aliphatic heterocycles. The van der Waals surface area contributed by atoms with E-state index in [9.17, 15) is 14.9 Å². The molecule has 0 saturated carbocycles. The van der Waals surface area contributed by atoms with Crippen LogP contribution in [0.4, 0.5) is 5.69 Å². The largest absolute Gasteiger partial charge is 0.493 e. The first-order chi connectivity index (χ1) is 13.5. The van der Waals surface area contributed by atoms with Crippen LogP contribution >= 0.6 is 11.8 Å². The van der Waals surface area contributed by atoms with E-state index in [2.05, 4.69) is 4.99 Å². The highest BCUT2D eigenvalue weighted by molar-refractivity contribution is 8.13. The minimum absolute atomic E-state index is 0.0530. The Labute approximate surface area is 166 Å². The lowest BCUT2D eigenvalue weighted by Crippen LogP contribution is -2.32. The van der Waals surface area contributed by atoms with Crippen molar-refractivity contribution in [2.24, 2.45) is 4.99 Å². The van der Waals surface area contributed by atoms with Crippen LogP contribution in [0, 0.1) is 10.1 Å². The molecule has 2 aromatic carbocycles. The summed E-state index contributed by atoms with van der Waals surface area (Å²) >= 11 is 1.43. The van der Waals surface area contributed by atoms with Crippen molar-refractivity contribution < 1.29 is 19.2 Å². The van der Waals surface area contributed by atoms with Crippen molar-refractivity contribution in [2.45, 2.75) is 5.75 Å². The van der Waals surface area contributed by atoms with Crippen LogP contribution < -0.4 is 9.47 Å². The molecule has 3 rings (SSSR count). The Hall–Kier alpha value is -3.07. The number of rotatable bonds is 6. The number of nitro benzene ring substituents is 1. The summed E-state index contributed by atoms with van der Waals surface area (Å²) in [6, 6.07) is 11.4. The van der Waals surface area contributed by atoms with Gasteiger partial charge in [-0.05, 0) is 23.8 Å². The van der Waals surface area contributed by atoms with E-state index >= 15 is 0 Å². The van der Waals surface area contributed by atoms with E-state index < -0.39 is 4.92 Å². The van der Waals surface area contributed by atoms with Crippen molar-refractivity contribution >= 4 is 28.5 Å². The monoisotopic (exact) mass is 401 g/mol. The first-order valence-corrected chi connectivity index (χ1v) is 9.46. The quantitative estimate of drug-likeness (QED) is 0.544. The molecule has 0 aromatic heterocycles. The van der Waals surface area contributed by atoms with Crippen LogP contribution in [0.25, 0.3) is 0 Å². The van der Waals surface area contributed by atoms with Gasteiger partial charge in [0.1, 0.15) is 0 Å². The minimum Gasteiger partial charge on any atom is -0.493 e. The lowest BCUT2D eigenvalue weighted by molar-refractivity contribution is -0.384. The van der Waals surface area contributed by atoms with Gasteiger partial charge >= 0.3 is 0 Å². The predicted molar refractivity (Wildman–Crippen MR) is 107 cm³/mol. The van der Waals surface area contributed by atoms with Crippen molar-refractivity contribution in [3.63, 3.8) is 0 Å². The van der Waals surface area contributed by atoms with Crippen molar-refractivity contribution in [1.29, 1.82) is 0 Å². The minimum atomic E-state index is -0.429. The molecule has 146 valence electrons. The number of methoxy groups -OCH3 is 2. The second-order valence-corrected chi connectivity index (χ2v) is 6.85. The van der Waals surface area contributed by atoms with Gasteiger partial charge in [0.2, 0.25) is 0 Å². The molecule has 1 amide bonds. The zero-order valence-electron chi connectivity index (χ0n) is 15.5. The van der Waals surface area contributed by atoms with E-state index in [1.807, 2.05) is 0 Å². The van der Waals surface area contributed by atoms with Crippen molar-refractivity contribution in [1.82, 2.24) is 4.90 Å². The summed E-state index contributed by atoms with van der Waals surface area (Å²) in [4.78, 5) is 29.3. The summed E-state index contributed by atoms with van der Waals surface area (Å²) in [7, 11) is 3.06. The molecular formula is C19H19N3O5S. The number of thioether (sulfide) groups is 1. The number of amides is 1. The summed E-state index contributed by atoms with van der Waals surface area (Å²) in [6.07, 6.45) is 0. The number of benzene rings is 2. The van der Waals surface area contributed by atoms with Gasteiger partial charge in [-0.3, -0.25) is 24.8 Å². The summed E-state index contributed by atoms with van der Waals surface area (Å²) in [5.41, 5.74) is 1.46. The van der Waals surface area contributed by atoms with Gasteiger partial charge in [0.15, 0.2) is 16.7 Å². The number of non-ortho nitro benzene ring substituents is 1. The Bertz CT molecular complexity index is 914. The van der Waals surface area contributed by atoms with E-state index in [1.165, 1.54) is 31.0 Å². The van der Waals surface area contributed by atoms with Crippen molar-refractivity contribution in [2.75, 3.05) is 27.3 Å². The number of hydrogen-bond donors (Lipinski definition) is 0. The molecule has 1 aliphatic rings. The summed E-state index contributed by atoms with van der Waals surface area (Å²) in [6.45, 7) is 1.05. The first-order valence-electron chi connectivity index (χ1n) is 8.48. The highest BCUT2D eigenvalue weighted by atomic mass is 32.2. The third-order valence-corrected chi connectivity index (χ3v) is 5.28. The average Bonchev–Trinajstić information content (AvgIpc) is 3.20. The Morgan fingerprint density at radius 1 is 1.18 bits per heavy atom. The van der Waals surface area contributed by atoms with Crippen LogP contribution in [-0.2, 0) is 5.75 Å². The summed E-state index contributed by atoms with van der Waals surface area (Å²) in [5.74, 6) is 1.45. The molecule has 9 heteroatoms. The number of carbonyl (C=O) groups is 1. The number of amidine groups is 1. The van der Waals surface area contributed by atoms with Gasteiger partial charge in [-0.1, -0.05) is 23.9 Å². The molecular weight excluding hydrogens is 382 g/mol. The number of carbonyl (C=O) groups excluding carboxylic acids is 1. The van der Waals surface area contributed by atoms with E-state index in [-0.39, 0.29) is 11.6 Å². The Morgan fingerprint density at radius 2 is 1.89 bits per heavy atom.